The molecule has 0 unspecified atom stereocenters. The Morgan fingerprint density at radius 3 is 2.83 bits per heavy atom. The van der Waals surface area contributed by atoms with Crippen LogP contribution in [-0.4, -0.2) is 23.2 Å². The zero-order valence-electron chi connectivity index (χ0n) is 12.5. The lowest BCUT2D eigenvalue weighted by Crippen LogP contribution is -2.24. The fraction of sp³-hybridized carbons (Fsp3) is 0.188. The minimum Gasteiger partial charge on any atom is -0.497 e. The highest BCUT2D eigenvalue weighted by molar-refractivity contribution is 7.13. The van der Waals surface area contributed by atoms with Gasteiger partial charge in [0.15, 0.2) is 0 Å². The number of nitrogens with zero attached hydrogens (tertiary/aromatic N) is 2. The van der Waals surface area contributed by atoms with Gasteiger partial charge >= 0.3 is 0 Å². The molecule has 1 aromatic carbocycles. The van der Waals surface area contributed by atoms with E-state index in [1.165, 1.54) is 11.3 Å². The molecule has 6 nitrogen and oxygen atoms in total. The first-order valence-corrected chi connectivity index (χ1v) is 7.88. The van der Waals surface area contributed by atoms with E-state index in [1.807, 2.05) is 41.8 Å². The highest BCUT2D eigenvalue weighted by Gasteiger charge is 2.10. The van der Waals surface area contributed by atoms with Crippen LogP contribution in [0, 0.1) is 0 Å². The molecule has 3 rings (SSSR count). The molecule has 1 amide bonds. The SMILES string of the molecule is COc1ccc(CC(=O)NCc2nc(-c3cccs3)no2)cc1. The van der Waals surface area contributed by atoms with Gasteiger partial charge in [-0.3, -0.25) is 4.79 Å². The number of benzene rings is 1. The van der Waals surface area contributed by atoms with Crippen LogP contribution in [0.4, 0.5) is 0 Å². The van der Waals surface area contributed by atoms with Crippen molar-refractivity contribution in [3.8, 4) is 16.5 Å². The van der Waals surface area contributed by atoms with Crippen molar-refractivity contribution in [2.75, 3.05) is 7.11 Å². The number of rotatable bonds is 6. The molecule has 0 aliphatic rings. The first-order valence-electron chi connectivity index (χ1n) is 7.00. The Morgan fingerprint density at radius 2 is 2.13 bits per heavy atom. The summed E-state index contributed by atoms with van der Waals surface area (Å²) in [6.45, 7) is 0.216. The number of hydrogen-bond donors (Lipinski definition) is 1. The van der Waals surface area contributed by atoms with Crippen molar-refractivity contribution in [3.63, 3.8) is 0 Å². The van der Waals surface area contributed by atoms with Crippen LogP contribution in [-0.2, 0) is 17.8 Å². The molecule has 0 saturated carbocycles. The lowest BCUT2D eigenvalue weighted by Gasteiger charge is -2.04. The van der Waals surface area contributed by atoms with Gasteiger partial charge in [-0.1, -0.05) is 23.4 Å². The zero-order valence-corrected chi connectivity index (χ0v) is 13.3. The third-order valence-electron chi connectivity index (χ3n) is 3.17. The molecule has 0 atom stereocenters. The van der Waals surface area contributed by atoms with Gasteiger partial charge in [0.05, 0.1) is 25.0 Å². The summed E-state index contributed by atoms with van der Waals surface area (Å²) in [5.74, 6) is 1.59. The summed E-state index contributed by atoms with van der Waals surface area (Å²) in [5.41, 5.74) is 0.910. The van der Waals surface area contributed by atoms with Crippen LogP contribution in [0.15, 0.2) is 46.3 Å². The van der Waals surface area contributed by atoms with Crippen LogP contribution in [0.1, 0.15) is 11.5 Å². The second-order valence-corrected chi connectivity index (χ2v) is 5.74. The summed E-state index contributed by atoms with van der Waals surface area (Å²) < 4.78 is 10.2. The second kappa shape index (κ2) is 7.06. The van der Waals surface area contributed by atoms with Gasteiger partial charge in [0.1, 0.15) is 5.75 Å². The van der Waals surface area contributed by atoms with Crippen LogP contribution in [0.3, 0.4) is 0 Å². The van der Waals surface area contributed by atoms with Crippen molar-refractivity contribution < 1.29 is 14.1 Å². The van der Waals surface area contributed by atoms with E-state index >= 15 is 0 Å². The predicted octanol–water partition coefficient (Wildman–Crippen LogP) is 2.67. The molecule has 23 heavy (non-hydrogen) atoms. The van der Waals surface area contributed by atoms with E-state index in [-0.39, 0.29) is 18.9 Å². The first-order chi connectivity index (χ1) is 11.2. The summed E-state index contributed by atoms with van der Waals surface area (Å²) in [6.07, 6.45) is 0.288. The number of thiophene rings is 1. The summed E-state index contributed by atoms with van der Waals surface area (Å²) in [5, 5.41) is 8.62. The Kier molecular flexibility index (Phi) is 4.68. The molecule has 7 heteroatoms. The van der Waals surface area contributed by atoms with Crippen LogP contribution in [0.25, 0.3) is 10.7 Å². The van der Waals surface area contributed by atoms with E-state index in [1.54, 1.807) is 7.11 Å². The van der Waals surface area contributed by atoms with E-state index in [4.69, 9.17) is 9.26 Å². The van der Waals surface area contributed by atoms with Gasteiger partial charge in [0, 0.05) is 0 Å². The van der Waals surface area contributed by atoms with E-state index in [0.717, 1.165) is 16.2 Å². The first kappa shape index (κ1) is 15.2. The largest absolute Gasteiger partial charge is 0.497 e. The number of carbonyl (C=O) groups excluding carboxylic acids is 1. The zero-order chi connectivity index (χ0) is 16.1. The Hall–Kier alpha value is -2.67. The molecule has 0 spiro atoms. The van der Waals surface area contributed by atoms with Crippen molar-refractivity contribution in [1.82, 2.24) is 15.5 Å². The van der Waals surface area contributed by atoms with Gasteiger partial charge in [0.25, 0.3) is 0 Å². The van der Waals surface area contributed by atoms with E-state index < -0.39 is 0 Å². The van der Waals surface area contributed by atoms with Gasteiger partial charge in [-0.25, -0.2) is 0 Å². The fourth-order valence-corrected chi connectivity index (χ4v) is 2.65. The number of carbonyl (C=O) groups is 1. The third kappa shape index (κ3) is 3.95. The van der Waals surface area contributed by atoms with Crippen molar-refractivity contribution in [2.45, 2.75) is 13.0 Å². The van der Waals surface area contributed by atoms with Crippen molar-refractivity contribution in [3.05, 3.63) is 53.2 Å². The molecule has 2 aromatic heterocycles. The molecule has 118 valence electrons. The number of aromatic nitrogens is 2. The van der Waals surface area contributed by atoms with Crippen LogP contribution < -0.4 is 10.1 Å². The van der Waals surface area contributed by atoms with E-state index in [9.17, 15) is 4.79 Å². The van der Waals surface area contributed by atoms with Crippen LogP contribution >= 0.6 is 11.3 Å². The molecule has 3 aromatic rings. The Balaban J connectivity index is 1.52. The second-order valence-electron chi connectivity index (χ2n) is 4.79. The van der Waals surface area contributed by atoms with Crippen LogP contribution in [0.5, 0.6) is 5.75 Å². The maximum absolute atomic E-state index is 11.9. The van der Waals surface area contributed by atoms with Gasteiger partial charge in [-0.05, 0) is 29.1 Å². The number of hydrogen-bond acceptors (Lipinski definition) is 6. The smallest absolute Gasteiger partial charge is 0.246 e. The number of nitrogens with one attached hydrogen (secondary N) is 1. The molecule has 1 N–H and O–H groups in total. The monoisotopic (exact) mass is 329 g/mol. The van der Waals surface area contributed by atoms with Crippen molar-refractivity contribution in [2.24, 2.45) is 0 Å². The molecular weight excluding hydrogens is 314 g/mol. The normalized spacial score (nSPS) is 10.5. The number of ether oxygens (including phenoxy) is 1. The maximum Gasteiger partial charge on any atom is 0.246 e. The minimum atomic E-state index is -0.106. The summed E-state index contributed by atoms with van der Waals surface area (Å²) in [6, 6.07) is 11.2. The standard InChI is InChI=1S/C16H15N3O3S/c1-21-12-6-4-11(5-7-12)9-14(20)17-10-15-18-16(19-22-15)13-3-2-8-23-13/h2-8H,9-10H2,1H3,(H,17,20). The molecule has 0 saturated heterocycles. The summed E-state index contributed by atoms with van der Waals surface area (Å²) in [4.78, 5) is 17.1. The highest BCUT2D eigenvalue weighted by atomic mass is 32.1. The van der Waals surface area contributed by atoms with Gasteiger partial charge in [0.2, 0.25) is 17.6 Å². The Labute approximate surface area is 137 Å². The molecule has 2 heterocycles. The van der Waals surface area contributed by atoms with E-state index in [0.29, 0.717) is 11.7 Å². The number of amides is 1. The average molecular weight is 329 g/mol. The Morgan fingerprint density at radius 1 is 1.30 bits per heavy atom. The van der Waals surface area contributed by atoms with Gasteiger partial charge < -0.3 is 14.6 Å². The lowest BCUT2D eigenvalue weighted by molar-refractivity contribution is -0.120. The quantitative estimate of drug-likeness (QED) is 0.752. The molecule has 0 radical (unpaired) electrons. The number of methoxy groups -OCH3 is 1. The third-order valence-corrected chi connectivity index (χ3v) is 4.04. The highest BCUT2D eigenvalue weighted by Crippen LogP contribution is 2.21. The molecule has 0 aliphatic carbocycles. The molecule has 0 aliphatic heterocycles. The van der Waals surface area contributed by atoms with Crippen molar-refractivity contribution >= 4 is 17.2 Å². The summed E-state index contributed by atoms with van der Waals surface area (Å²) >= 11 is 1.54. The fourth-order valence-electron chi connectivity index (χ4n) is 2.00. The van der Waals surface area contributed by atoms with Crippen LogP contribution in [0.2, 0.25) is 0 Å². The summed E-state index contributed by atoms with van der Waals surface area (Å²) in [7, 11) is 1.61. The Bertz CT molecular complexity index is 766. The van der Waals surface area contributed by atoms with Gasteiger partial charge in [-0.2, -0.15) is 4.98 Å². The molecular formula is C16H15N3O3S. The van der Waals surface area contributed by atoms with Crippen molar-refractivity contribution in [1.29, 1.82) is 0 Å². The molecule has 0 fully saturated rings. The molecule has 0 bridgehead atoms. The van der Waals surface area contributed by atoms with E-state index in [2.05, 4.69) is 15.5 Å². The average Bonchev–Trinajstić information content (AvgIpc) is 3.25. The van der Waals surface area contributed by atoms with Gasteiger partial charge in [-0.15, -0.1) is 11.3 Å². The topological polar surface area (TPSA) is 77.2 Å². The minimum absolute atomic E-state index is 0.106. The predicted molar refractivity (Wildman–Crippen MR) is 86.2 cm³/mol. The maximum atomic E-state index is 11.9. The lowest BCUT2D eigenvalue weighted by atomic mass is 10.1.